The molecule has 8 heteroatoms. The van der Waals surface area contributed by atoms with E-state index >= 15 is 0 Å². The van der Waals surface area contributed by atoms with Crippen LogP contribution in [0.15, 0.2) is 47.6 Å². The summed E-state index contributed by atoms with van der Waals surface area (Å²) in [6.07, 6.45) is 0.583. The molecule has 0 fully saturated rings. The van der Waals surface area contributed by atoms with Crippen molar-refractivity contribution in [1.29, 1.82) is 0 Å². The number of nitro benzene ring substituents is 1. The molecule has 2 aromatic carbocycles. The highest BCUT2D eigenvalue weighted by Gasteiger charge is 2.33. The fourth-order valence-corrected chi connectivity index (χ4v) is 4.77. The second-order valence-electron chi connectivity index (χ2n) is 7.75. The zero-order valence-corrected chi connectivity index (χ0v) is 18.6. The number of hydrogen-bond donors (Lipinski definition) is 0. The number of Topliss-reactive ketones (excluding diaryl/α,β-unsaturated/α-hetero) is 1. The Balaban J connectivity index is 1.83. The lowest BCUT2D eigenvalue weighted by atomic mass is 9.95. The first-order chi connectivity index (χ1) is 14.7. The van der Waals surface area contributed by atoms with Crippen molar-refractivity contribution in [2.24, 2.45) is 5.10 Å². The lowest BCUT2D eigenvalue weighted by Gasteiger charge is -2.21. The lowest BCUT2D eigenvalue weighted by molar-refractivity contribution is -0.384. The Hall–Kier alpha value is -3.39. The van der Waals surface area contributed by atoms with Gasteiger partial charge in [-0.1, -0.05) is 41.2 Å². The minimum atomic E-state index is -0.392. The maximum Gasteiger partial charge on any atom is 0.269 e. The summed E-state index contributed by atoms with van der Waals surface area (Å²) in [5, 5.41) is 18.6. The molecule has 0 spiro atoms. The highest BCUT2D eigenvalue weighted by molar-refractivity contribution is 7.17. The van der Waals surface area contributed by atoms with Crippen LogP contribution < -0.4 is 5.01 Å². The normalized spacial score (nSPS) is 15.8. The van der Waals surface area contributed by atoms with E-state index in [1.54, 1.807) is 17.1 Å². The van der Waals surface area contributed by atoms with Crippen molar-refractivity contribution in [3.8, 4) is 0 Å². The average molecular weight is 435 g/mol. The number of rotatable bonds is 5. The monoisotopic (exact) mass is 434 g/mol. The minimum Gasteiger partial charge on any atom is -0.294 e. The molecule has 7 nitrogen and oxygen atoms in total. The Morgan fingerprint density at radius 3 is 2.65 bits per heavy atom. The highest BCUT2D eigenvalue weighted by Crippen LogP contribution is 2.40. The summed E-state index contributed by atoms with van der Waals surface area (Å²) < 4.78 is 0. The second-order valence-corrected chi connectivity index (χ2v) is 8.73. The van der Waals surface area contributed by atoms with Crippen LogP contribution in [0, 0.1) is 30.9 Å². The van der Waals surface area contributed by atoms with Gasteiger partial charge < -0.3 is 0 Å². The number of nitrogens with zero attached hydrogens (tertiary/aromatic N) is 4. The van der Waals surface area contributed by atoms with Crippen LogP contribution in [0.1, 0.15) is 57.0 Å². The molecule has 2 heterocycles. The Labute approximate surface area is 184 Å². The van der Waals surface area contributed by atoms with E-state index in [0.717, 1.165) is 28.0 Å². The first-order valence-corrected chi connectivity index (χ1v) is 10.7. The maximum atomic E-state index is 12.0. The van der Waals surface area contributed by atoms with Crippen molar-refractivity contribution < 1.29 is 9.72 Å². The molecule has 1 aliphatic heterocycles. The third kappa shape index (κ3) is 3.98. The molecule has 0 amide bonds. The zero-order valence-electron chi connectivity index (χ0n) is 17.7. The number of non-ortho nitro benzene ring substituents is 1. The number of benzene rings is 2. The predicted octanol–water partition coefficient (Wildman–Crippen LogP) is 5.53. The van der Waals surface area contributed by atoms with E-state index in [1.807, 2.05) is 26.8 Å². The molecule has 0 saturated heterocycles. The lowest BCUT2D eigenvalue weighted by Crippen LogP contribution is -2.18. The van der Waals surface area contributed by atoms with Crippen molar-refractivity contribution in [2.75, 3.05) is 5.01 Å². The zero-order chi connectivity index (χ0) is 22.3. The highest BCUT2D eigenvalue weighted by atomic mass is 32.1. The summed E-state index contributed by atoms with van der Waals surface area (Å²) in [6, 6.07) is 12.6. The summed E-state index contributed by atoms with van der Waals surface area (Å²) in [5.74, 6) is -0.0360. The number of nitro groups is 1. The molecule has 1 aromatic heterocycles. The van der Waals surface area contributed by atoms with Crippen molar-refractivity contribution >= 4 is 33.7 Å². The van der Waals surface area contributed by atoms with Crippen LogP contribution in [-0.4, -0.2) is 21.4 Å². The molecule has 0 radical (unpaired) electrons. The van der Waals surface area contributed by atoms with Crippen LogP contribution in [0.3, 0.4) is 0 Å². The molecule has 0 saturated carbocycles. The van der Waals surface area contributed by atoms with Crippen molar-refractivity contribution in [3.05, 3.63) is 85.4 Å². The number of thiazole rings is 1. The van der Waals surface area contributed by atoms with Gasteiger partial charge in [-0.05, 0) is 38.0 Å². The van der Waals surface area contributed by atoms with Crippen LogP contribution in [0.2, 0.25) is 0 Å². The topological polar surface area (TPSA) is 88.7 Å². The molecule has 158 valence electrons. The number of hydrogen-bond acceptors (Lipinski definition) is 7. The number of carbonyl (C=O) groups is 1. The number of aromatic nitrogens is 1. The van der Waals surface area contributed by atoms with Gasteiger partial charge in [-0.15, -0.1) is 0 Å². The van der Waals surface area contributed by atoms with Crippen molar-refractivity contribution in [2.45, 2.75) is 40.2 Å². The number of anilines is 1. The minimum absolute atomic E-state index is 0.0360. The number of aryl methyl sites for hydroxylation is 3. The van der Waals surface area contributed by atoms with Crippen LogP contribution in [-0.2, 0) is 0 Å². The summed E-state index contributed by atoms with van der Waals surface area (Å²) in [5.41, 5.74) is 5.70. The van der Waals surface area contributed by atoms with Crippen LogP contribution >= 0.6 is 11.3 Å². The van der Waals surface area contributed by atoms with Gasteiger partial charge in [0.25, 0.3) is 5.69 Å². The van der Waals surface area contributed by atoms with Gasteiger partial charge in [0, 0.05) is 31.0 Å². The van der Waals surface area contributed by atoms with E-state index in [1.165, 1.54) is 24.3 Å². The van der Waals surface area contributed by atoms with E-state index in [0.29, 0.717) is 22.1 Å². The molecule has 3 aromatic rings. The smallest absolute Gasteiger partial charge is 0.269 e. The molecule has 1 aliphatic rings. The van der Waals surface area contributed by atoms with Crippen molar-refractivity contribution in [3.63, 3.8) is 0 Å². The molecule has 0 aliphatic carbocycles. The Kier molecular flexibility index (Phi) is 5.41. The molecule has 0 bridgehead atoms. The largest absolute Gasteiger partial charge is 0.294 e. The molecule has 0 N–H and O–H groups in total. The van der Waals surface area contributed by atoms with Gasteiger partial charge in [-0.2, -0.15) is 5.10 Å². The van der Waals surface area contributed by atoms with E-state index in [2.05, 4.69) is 23.2 Å². The van der Waals surface area contributed by atoms with E-state index in [-0.39, 0.29) is 17.5 Å². The Morgan fingerprint density at radius 1 is 1.19 bits per heavy atom. The predicted molar refractivity (Wildman–Crippen MR) is 122 cm³/mol. The Morgan fingerprint density at radius 2 is 1.97 bits per heavy atom. The first-order valence-electron chi connectivity index (χ1n) is 9.91. The van der Waals surface area contributed by atoms with E-state index in [4.69, 9.17) is 5.10 Å². The van der Waals surface area contributed by atoms with Crippen LogP contribution in [0.5, 0.6) is 0 Å². The summed E-state index contributed by atoms with van der Waals surface area (Å²) >= 11 is 1.30. The van der Waals surface area contributed by atoms with Crippen LogP contribution in [0.4, 0.5) is 10.8 Å². The molecular formula is C23H22N4O3S. The third-order valence-electron chi connectivity index (χ3n) is 5.38. The molecule has 4 rings (SSSR count). The summed E-state index contributed by atoms with van der Waals surface area (Å²) in [4.78, 5) is 28.1. The van der Waals surface area contributed by atoms with Gasteiger partial charge >= 0.3 is 0 Å². The van der Waals surface area contributed by atoms with Gasteiger partial charge in [-0.25, -0.2) is 9.99 Å². The van der Waals surface area contributed by atoms with Gasteiger partial charge in [0.2, 0.25) is 5.13 Å². The van der Waals surface area contributed by atoms with Crippen molar-refractivity contribution in [1.82, 2.24) is 4.98 Å². The standard InChI is InChI=1S/C23H22N4O3S/c1-13-8-9-14(2)19(10-13)20-12-21(17-6-5-7-18(11-17)27(29)30)26(25-20)23-24-15(3)22(31-23)16(4)28/h5-11,21H,12H2,1-4H3/t21-/m0/s1. The number of hydrazone groups is 1. The third-order valence-corrected chi connectivity index (χ3v) is 6.63. The van der Waals surface area contributed by atoms with Gasteiger partial charge in [-0.3, -0.25) is 14.9 Å². The van der Waals surface area contributed by atoms with E-state index < -0.39 is 4.92 Å². The quantitative estimate of drug-likeness (QED) is 0.299. The van der Waals surface area contributed by atoms with Gasteiger partial charge in [0.1, 0.15) is 0 Å². The first kappa shape index (κ1) is 20.9. The fourth-order valence-electron chi connectivity index (χ4n) is 3.81. The Bertz CT molecular complexity index is 1230. The van der Waals surface area contributed by atoms with Gasteiger partial charge in [0.15, 0.2) is 5.78 Å². The maximum absolute atomic E-state index is 12.0. The second kappa shape index (κ2) is 8.03. The van der Waals surface area contributed by atoms with Gasteiger partial charge in [0.05, 0.1) is 27.2 Å². The summed E-state index contributed by atoms with van der Waals surface area (Å²) in [7, 11) is 0. The molecule has 31 heavy (non-hydrogen) atoms. The summed E-state index contributed by atoms with van der Waals surface area (Å²) in [6.45, 7) is 7.42. The van der Waals surface area contributed by atoms with Crippen LogP contribution in [0.25, 0.3) is 0 Å². The number of carbonyl (C=O) groups excluding carboxylic acids is 1. The fraction of sp³-hybridized carbons (Fsp3) is 0.261. The molecular weight excluding hydrogens is 412 g/mol. The van der Waals surface area contributed by atoms with E-state index in [9.17, 15) is 14.9 Å². The molecule has 0 unspecified atom stereocenters. The SMILES string of the molecule is CC(=O)c1sc(N2N=C(c3cc(C)ccc3C)C[C@H]2c2cccc([N+](=O)[O-])c2)nc1C. The average Bonchev–Trinajstić information content (AvgIpc) is 3.34. The number of ketones is 1. The molecule has 1 atom stereocenters.